The molecule has 0 bridgehead atoms. The number of carbonyl (C=O) groups is 2. The van der Waals surface area contributed by atoms with E-state index in [0.717, 1.165) is 11.1 Å². The molecule has 0 saturated carbocycles. The van der Waals surface area contributed by atoms with E-state index in [1.54, 1.807) is 36.4 Å². The zero-order valence-corrected chi connectivity index (χ0v) is 17.9. The molecule has 0 saturated heterocycles. The summed E-state index contributed by atoms with van der Waals surface area (Å²) in [6.07, 6.45) is 0. The fraction of sp³-hybridized carbons (Fsp3) is 0.250. The molecule has 29 heavy (non-hydrogen) atoms. The highest BCUT2D eigenvalue weighted by Gasteiger charge is 2.10. The van der Waals surface area contributed by atoms with Crippen LogP contribution >= 0.6 is 23.8 Å². The van der Waals surface area contributed by atoms with Crippen molar-refractivity contribution in [2.45, 2.75) is 20.8 Å². The Morgan fingerprint density at radius 3 is 2.21 bits per heavy atom. The van der Waals surface area contributed by atoms with Crippen molar-refractivity contribution in [1.29, 1.82) is 0 Å². The van der Waals surface area contributed by atoms with Gasteiger partial charge in [0, 0.05) is 10.6 Å². The fourth-order valence-corrected chi connectivity index (χ4v) is 2.63. The minimum Gasteiger partial charge on any atom is -0.494 e. The third-order valence-corrected chi connectivity index (χ3v) is 4.55. The Kier molecular flexibility index (Phi) is 8.23. The molecule has 2 amide bonds. The lowest BCUT2D eigenvalue weighted by Gasteiger charge is -2.12. The number of amides is 2. The normalized spacial score (nSPS) is 10.1. The maximum absolute atomic E-state index is 12.1. The topological polar surface area (TPSA) is 88.7 Å². The van der Waals surface area contributed by atoms with Crippen LogP contribution in [0.1, 0.15) is 28.4 Å². The molecule has 0 aliphatic rings. The number of hydrogen-bond acceptors (Lipinski definition) is 5. The van der Waals surface area contributed by atoms with E-state index in [1.807, 2.05) is 20.8 Å². The van der Waals surface area contributed by atoms with E-state index in [-0.39, 0.29) is 11.7 Å². The van der Waals surface area contributed by atoms with Gasteiger partial charge in [-0.2, -0.15) is 0 Å². The Morgan fingerprint density at radius 1 is 1.00 bits per heavy atom. The molecule has 2 rings (SSSR count). The molecule has 0 fully saturated rings. The molecular weight excluding hydrogens is 414 g/mol. The quantitative estimate of drug-likeness (QED) is 0.477. The first-order chi connectivity index (χ1) is 13.8. The summed E-state index contributed by atoms with van der Waals surface area (Å²) in [6.45, 7) is 5.90. The van der Waals surface area contributed by atoms with Crippen LogP contribution < -0.4 is 25.6 Å². The monoisotopic (exact) mass is 435 g/mol. The molecule has 0 spiro atoms. The van der Waals surface area contributed by atoms with Gasteiger partial charge in [0.2, 0.25) is 0 Å². The van der Waals surface area contributed by atoms with Crippen molar-refractivity contribution < 1.29 is 19.1 Å². The van der Waals surface area contributed by atoms with Crippen LogP contribution in [0.3, 0.4) is 0 Å². The minimum atomic E-state index is -0.465. The zero-order valence-electron chi connectivity index (χ0n) is 16.3. The predicted octanol–water partition coefficient (Wildman–Crippen LogP) is 3.07. The van der Waals surface area contributed by atoms with Crippen molar-refractivity contribution in [1.82, 2.24) is 16.2 Å². The summed E-state index contributed by atoms with van der Waals surface area (Å²) >= 11 is 11.1. The van der Waals surface area contributed by atoms with Gasteiger partial charge in [-0.15, -0.1) is 0 Å². The maximum Gasteiger partial charge on any atom is 0.276 e. The lowest BCUT2D eigenvalue weighted by atomic mass is 10.1. The van der Waals surface area contributed by atoms with Crippen LogP contribution in [-0.4, -0.2) is 30.1 Å². The summed E-state index contributed by atoms with van der Waals surface area (Å²) in [6, 6.07) is 10.1. The number of carbonyl (C=O) groups excluding carboxylic acids is 2. The highest BCUT2D eigenvalue weighted by molar-refractivity contribution is 7.80. The van der Waals surface area contributed by atoms with E-state index in [0.29, 0.717) is 28.7 Å². The fourth-order valence-electron chi connectivity index (χ4n) is 2.38. The van der Waals surface area contributed by atoms with Crippen LogP contribution in [-0.2, 0) is 4.79 Å². The van der Waals surface area contributed by atoms with Gasteiger partial charge in [0.1, 0.15) is 11.5 Å². The Bertz CT molecular complexity index is 880. The van der Waals surface area contributed by atoms with Crippen molar-refractivity contribution in [2.24, 2.45) is 0 Å². The van der Waals surface area contributed by atoms with Gasteiger partial charge >= 0.3 is 0 Å². The van der Waals surface area contributed by atoms with Crippen LogP contribution in [0, 0.1) is 13.8 Å². The van der Waals surface area contributed by atoms with Crippen molar-refractivity contribution >= 4 is 40.7 Å². The maximum atomic E-state index is 12.1. The summed E-state index contributed by atoms with van der Waals surface area (Å²) < 4.78 is 10.8. The van der Waals surface area contributed by atoms with Crippen molar-refractivity contribution in [2.75, 3.05) is 13.2 Å². The Hall–Kier alpha value is -2.84. The van der Waals surface area contributed by atoms with Gasteiger partial charge in [-0.3, -0.25) is 25.8 Å². The van der Waals surface area contributed by atoms with Crippen LogP contribution in [0.2, 0.25) is 5.02 Å². The lowest BCUT2D eigenvalue weighted by molar-refractivity contribution is -0.123. The number of ether oxygens (including phenoxy) is 2. The first kappa shape index (κ1) is 22.4. The molecule has 0 unspecified atom stereocenters. The van der Waals surface area contributed by atoms with Gasteiger partial charge in [-0.05, 0) is 80.5 Å². The molecule has 0 radical (unpaired) electrons. The SMILES string of the molecule is CCOc1ccc(C(=O)NC(=S)NNC(=O)COc2cc(C)c(Cl)c(C)c2)cc1. The van der Waals surface area contributed by atoms with Gasteiger partial charge in [0.25, 0.3) is 11.8 Å². The van der Waals surface area contributed by atoms with E-state index in [1.165, 1.54) is 0 Å². The van der Waals surface area contributed by atoms with E-state index in [4.69, 9.17) is 33.3 Å². The summed E-state index contributed by atoms with van der Waals surface area (Å²) in [4.78, 5) is 24.0. The molecule has 154 valence electrons. The Balaban J connectivity index is 1.76. The number of nitrogens with one attached hydrogen (secondary N) is 3. The molecule has 0 aliphatic heterocycles. The molecule has 0 heterocycles. The molecule has 0 aliphatic carbocycles. The standard InChI is InChI=1S/C20H22ClN3O4S/c1-4-27-15-7-5-14(6-8-15)19(26)22-20(29)24-23-17(25)11-28-16-9-12(2)18(21)13(3)10-16/h5-10H,4,11H2,1-3H3,(H,23,25)(H2,22,24,26,29). The van der Waals surface area contributed by atoms with Gasteiger partial charge in [0.05, 0.1) is 6.61 Å². The number of aryl methyl sites for hydroxylation is 2. The molecule has 0 aromatic heterocycles. The first-order valence-corrected chi connectivity index (χ1v) is 9.61. The summed E-state index contributed by atoms with van der Waals surface area (Å²) in [7, 11) is 0. The number of rotatable bonds is 6. The van der Waals surface area contributed by atoms with Crippen molar-refractivity contribution in [3.63, 3.8) is 0 Å². The third-order valence-electron chi connectivity index (χ3n) is 3.75. The highest BCUT2D eigenvalue weighted by atomic mass is 35.5. The minimum absolute atomic E-state index is 0.0459. The molecular formula is C20H22ClN3O4S. The second-order valence-electron chi connectivity index (χ2n) is 6.07. The molecule has 2 aromatic rings. The molecule has 0 atom stereocenters. The first-order valence-electron chi connectivity index (χ1n) is 8.82. The second kappa shape index (κ2) is 10.6. The second-order valence-corrected chi connectivity index (χ2v) is 6.86. The third kappa shape index (κ3) is 6.92. The van der Waals surface area contributed by atoms with Crippen LogP contribution in [0.5, 0.6) is 11.5 Å². The van der Waals surface area contributed by atoms with Crippen molar-refractivity contribution in [3.8, 4) is 11.5 Å². The summed E-state index contributed by atoms with van der Waals surface area (Å²) in [5, 5.41) is 3.09. The number of hydrogen-bond donors (Lipinski definition) is 3. The predicted molar refractivity (Wildman–Crippen MR) is 115 cm³/mol. The smallest absolute Gasteiger partial charge is 0.276 e. The number of hydrazine groups is 1. The molecule has 9 heteroatoms. The zero-order chi connectivity index (χ0) is 21.4. The van der Waals surface area contributed by atoms with Crippen LogP contribution in [0.15, 0.2) is 36.4 Å². The van der Waals surface area contributed by atoms with Gasteiger partial charge < -0.3 is 9.47 Å². The van der Waals surface area contributed by atoms with E-state index in [9.17, 15) is 9.59 Å². The number of benzene rings is 2. The molecule has 2 aromatic carbocycles. The van der Waals surface area contributed by atoms with Gasteiger partial charge in [0.15, 0.2) is 11.7 Å². The average Bonchev–Trinajstić information content (AvgIpc) is 2.69. The van der Waals surface area contributed by atoms with E-state index >= 15 is 0 Å². The molecule has 3 N–H and O–H groups in total. The number of thiocarbonyl (C=S) groups is 1. The highest BCUT2D eigenvalue weighted by Crippen LogP contribution is 2.25. The van der Waals surface area contributed by atoms with Gasteiger partial charge in [-0.1, -0.05) is 11.6 Å². The summed E-state index contributed by atoms with van der Waals surface area (Å²) in [5.74, 6) is 0.324. The lowest BCUT2D eigenvalue weighted by Crippen LogP contribution is -2.49. The Labute approximate surface area is 179 Å². The largest absolute Gasteiger partial charge is 0.494 e. The van der Waals surface area contributed by atoms with E-state index < -0.39 is 11.8 Å². The van der Waals surface area contributed by atoms with E-state index in [2.05, 4.69) is 16.2 Å². The Morgan fingerprint density at radius 2 is 1.62 bits per heavy atom. The van der Waals surface area contributed by atoms with Crippen molar-refractivity contribution in [3.05, 3.63) is 58.1 Å². The van der Waals surface area contributed by atoms with Gasteiger partial charge in [-0.25, -0.2) is 0 Å². The average molecular weight is 436 g/mol. The number of halogens is 1. The summed E-state index contributed by atoms with van der Waals surface area (Å²) in [5.41, 5.74) is 6.94. The van der Waals surface area contributed by atoms with Crippen LogP contribution in [0.4, 0.5) is 0 Å². The van der Waals surface area contributed by atoms with Crippen LogP contribution in [0.25, 0.3) is 0 Å². The molecule has 7 nitrogen and oxygen atoms in total.